The molecule has 0 aliphatic carbocycles. The van der Waals surface area contributed by atoms with Gasteiger partial charge in [-0.1, -0.05) is 37.3 Å². The number of hydrogen-bond acceptors (Lipinski definition) is 3. The summed E-state index contributed by atoms with van der Waals surface area (Å²) >= 11 is 0. The number of carbonyl (C=O) groups excluding carboxylic acids is 1. The Morgan fingerprint density at radius 3 is 2.54 bits per heavy atom. The number of aliphatic hydroxyl groups is 1. The fraction of sp³-hybridized carbons (Fsp3) is 0.450. The number of nitrogens with zero attached hydrogens (tertiary/aromatic N) is 1. The molecule has 0 aromatic heterocycles. The van der Waals surface area contributed by atoms with Gasteiger partial charge in [0.1, 0.15) is 5.75 Å². The van der Waals surface area contributed by atoms with Crippen molar-refractivity contribution < 1.29 is 14.6 Å². The standard InChI is InChI=1S/C20H25NO3/c1-2-20(15-22)9-11-21(12-10-20)19(23)14-24-18-8-7-16-5-3-4-6-17(16)13-18/h3-8,13,22H,2,9-12,14-15H2,1H3. The number of hydrogen-bond donors (Lipinski definition) is 1. The van der Waals surface area contributed by atoms with Gasteiger partial charge in [0.25, 0.3) is 5.91 Å². The van der Waals surface area contributed by atoms with Gasteiger partial charge in [0.15, 0.2) is 6.61 Å². The highest BCUT2D eigenvalue weighted by Gasteiger charge is 2.33. The first kappa shape index (κ1) is 16.8. The third kappa shape index (κ3) is 3.54. The molecule has 4 nitrogen and oxygen atoms in total. The van der Waals surface area contributed by atoms with E-state index >= 15 is 0 Å². The highest BCUT2D eigenvalue weighted by molar-refractivity contribution is 5.84. The molecule has 2 aromatic rings. The van der Waals surface area contributed by atoms with E-state index in [1.165, 1.54) is 0 Å². The summed E-state index contributed by atoms with van der Waals surface area (Å²) in [5, 5.41) is 11.8. The highest BCUT2D eigenvalue weighted by Crippen LogP contribution is 2.34. The lowest BCUT2D eigenvalue weighted by atomic mass is 9.77. The van der Waals surface area contributed by atoms with E-state index in [4.69, 9.17) is 4.74 Å². The van der Waals surface area contributed by atoms with Crippen molar-refractivity contribution >= 4 is 16.7 Å². The van der Waals surface area contributed by atoms with Gasteiger partial charge in [-0.15, -0.1) is 0 Å². The highest BCUT2D eigenvalue weighted by atomic mass is 16.5. The molecule has 128 valence electrons. The topological polar surface area (TPSA) is 49.8 Å². The van der Waals surface area contributed by atoms with Crippen LogP contribution in [0.15, 0.2) is 42.5 Å². The molecule has 1 heterocycles. The van der Waals surface area contributed by atoms with E-state index in [-0.39, 0.29) is 24.5 Å². The molecular formula is C20H25NO3. The number of carbonyl (C=O) groups is 1. The van der Waals surface area contributed by atoms with Crippen LogP contribution < -0.4 is 4.74 Å². The van der Waals surface area contributed by atoms with Crippen molar-refractivity contribution in [2.24, 2.45) is 5.41 Å². The Hall–Kier alpha value is -2.07. The molecule has 1 aliphatic rings. The Morgan fingerprint density at radius 2 is 1.88 bits per heavy atom. The number of fused-ring (bicyclic) bond motifs is 1. The second-order valence-electron chi connectivity index (χ2n) is 6.69. The van der Waals surface area contributed by atoms with Crippen LogP contribution >= 0.6 is 0 Å². The first-order valence-electron chi connectivity index (χ1n) is 8.66. The van der Waals surface area contributed by atoms with Crippen molar-refractivity contribution in [2.45, 2.75) is 26.2 Å². The van der Waals surface area contributed by atoms with Gasteiger partial charge in [-0.3, -0.25) is 4.79 Å². The van der Waals surface area contributed by atoms with Crippen molar-refractivity contribution in [3.8, 4) is 5.75 Å². The molecule has 0 spiro atoms. The Labute approximate surface area is 143 Å². The molecule has 0 saturated carbocycles. The van der Waals surface area contributed by atoms with Crippen LogP contribution in [0.1, 0.15) is 26.2 Å². The van der Waals surface area contributed by atoms with Crippen LogP contribution in [0.3, 0.4) is 0 Å². The molecule has 0 atom stereocenters. The lowest BCUT2D eigenvalue weighted by Crippen LogP contribution is -2.45. The summed E-state index contributed by atoms with van der Waals surface area (Å²) in [6.07, 6.45) is 2.68. The van der Waals surface area contributed by atoms with Crippen molar-refractivity contribution in [1.29, 1.82) is 0 Å². The van der Waals surface area contributed by atoms with Crippen molar-refractivity contribution in [1.82, 2.24) is 4.90 Å². The van der Waals surface area contributed by atoms with Gasteiger partial charge in [0.2, 0.25) is 0 Å². The normalized spacial score (nSPS) is 17.0. The van der Waals surface area contributed by atoms with Crippen LogP contribution in [0.25, 0.3) is 10.8 Å². The van der Waals surface area contributed by atoms with E-state index in [2.05, 4.69) is 13.0 Å². The van der Waals surface area contributed by atoms with Gasteiger partial charge in [-0.25, -0.2) is 0 Å². The van der Waals surface area contributed by atoms with Crippen LogP contribution in [0, 0.1) is 5.41 Å². The first-order chi connectivity index (χ1) is 11.7. The fourth-order valence-corrected chi connectivity index (χ4v) is 3.35. The predicted octanol–water partition coefficient (Wildman–Crippen LogP) is 3.23. The Kier molecular flexibility index (Phi) is 5.05. The monoisotopic (exact) mass is 327 g/mol. The molecule has 0 unspecified atom stereocenters. The molecule has 3 rings (SSSR count). The van der Waals surface area contributed by atoms with Crippen molar-refractivity contribution in [2.75, 3.05) is 26.3 Å². The Bertz CT molecular complexity index is 699. The summed E-state index contributed by atoms with van der Waals surface area (Å²) in [6.45, 7) is 3.79. The zero-order chi connectivity index (χ0) is 17.0. The third-order valence-electron chi connectivity index (χ3n) is 5.35. The summed E-state index contributed by atoms with van der Waals surface area (Å²) in [5.74, 6) is 0.739. The van der Waals surface area contributed by atoms with Crippen LogP contribution in [0.2, 0.25) is 0 Å². The molecular weight excluding hydrogens is 302 g/mol. The minimum absolute atomic E-state index is 0.00399. The molecule has 24 heavy (non-hydrogen) atoms. The molecule has 0 bridgehead atoms. The number of amides is 1. The number of rotatable bonds is 5. The van der Waals surface area contributed by atoms with Crippen LogP contribution in [-0.2, 0) is 4.79 Å². The van der Waals surface area contributed by atoms with Crippen LogP contribution in [0.4, 0.5) is 0 Å². The summed E-state index contributed by atoms with van der Waals surface area (Å²) in [7, 11) is 0. The molecule has 1 N–H and O–H groups in total. The lowest BCUT2D eigenvalue weighted by molar-refractivity contribution is -0.136. The number of likely N-dealkylation sites (tertiary alicyclic amines) is 1. The van der Waals surface area contributed by atoms with Crippen molar-refractivity contribution in [3.63, 3.8) is 0 Å². The Balaban J connectivity index is 1.55. The number of piperidine rings is 1. The summed E-state index contributed by atoms with van der Waals surface area (Å²) < 4.78 is 5.69. The van der Waals surface area contributed by atoms with Crippen molar-refractivity contribution in [3.05, 3.63) is 42.5 Å². The SMILES string of the molecule is CCC1(CO)CCN(C(=O)COc2ccc3ccccc3c2)CC1. The minimum atomic E-state index is -0.00399. The van der Waals surface area contributed by atoms with E-state index in [0.29, 0.717) is 13.1 Å². The number of ether oxygens (including phenoxy) is 1. The van der Waals surface area contributed by atoms with Gasteiger partial charge < -0.3 is 14.7 Å². The summed E-state index contributed by atoms with van der Waals surface area (Å²) in [6, 6.07) is 14.0. The summed E-state index contributed by atoms with van der Waals surface area (Å²) in [4.78, 5) is 14.2. The molecule has 1 aliphatic heterocycles. The first-order valence-corrected chi connectivity index (χ1v) is 8.66. The molecule has 1 saturated heterocycles. The van der Waals surface area contributed by atoms with Crippen LogP contribution in [0.5, 0.6) is 5.75 Å². The van der Waals surface area contributed by atoms with Crippen LogP contribution in [-0.4, -0.2) is 42.2 Å². The van der Waals surface area contributed by atoms with Gasteiger partial charge in [-0.05, 0) is 47.6 Å². The quantitative estimate of drug-likeness (QED) is 0.917. The van der Waals surface area contributed by atoms with Gasteiger partial charge >= 0.3 is 0 Å². The molecule has 2 aromatic carbocycles. The maximum Gasteiger partial charge on any atom is 0.260 e. The number of benzene rings is 2. The lowest BCUT2D eigenvalue weighted by Gasteiger charge is -2.40. The van der Waals surface area contributed by atoms with E-state index in [0.717, 1.165) is 35.8 Å². The molecule has 0 radical (unpaired) electrons. The fourth-order valence-electron chi connectivity index (χ4n) is 3.35. The van der Waals surface area contributed by atoms with Gasteiger partial charge in [0.05, 0.1) is 0 Å². The molecule has 1 amide bonds. The molecule has 4 heteroatoms. The zero-order valence-electron chi connectivity index (χ0n) is 14.2. The van der Waals surface area contributed by atoms with E-state index in [1.807, 2.05) is 41.3 Å². The average Bonchev–Trinajstić information content (AvgIpc) is 2.66. The van der Waals surface area contributed by atoms with Gasteiger partial charge in [-0.2, -0.15) is 0 Å². The summed E-state index contributed by atoms with van der Waals surface area (Å²) in [5.41, 5.74) is -0.00399. The largest absolute Gasteiger partial charge is 0.484 e. The predicted molar refractivity (Wildman–Crippen MR) is 95.1 cm³/mol. The minimum Gasteiger partial charge on any atom is -0.484 e. The number of aliphatic hydroxyl groups excluding tert-OH is 1. The van der Waals surface area contributed by atoms with E-state index in [1.54, 1.807) is 0 Å². The zero-order valence-corrected chi connectivity index (χ0v) is 14.2. The maximum atomic E-state index is 12.4. The van der Waals surface area contributed by atoms with E-state index < -0.39 is 0 Å². The Morgan fingerprint density at radius 1 is 1.17 bits per heavy atom. The second-order valence-corrected chi connectivity index (χ2v) is 6.69. The maximum absolute atomic E-state index is 12.4. The third-order valence-corrected chi connectivity index (χ3v) is 5.35. The van der Waals surface area contributed by atoms with E-state index in [9.17, 15) is 9.90 Å². The molecule has 1 fully saturated rings. The second kappa shape index (κ2) is 7.22. The smallest absolute Gasteiger partial charge is 0.260 e. The van der Waals surface area contributed by atoms with Gasteiger partial charge in [0, 0.05) is 19.7 Å². The average molecular weight is 327 g/mol.